The fourth-order valence-corrected chi connectivity index (χ4v) is 2.74. The van der Waals surface area contributed by atoms with Crippen molar-refractivity contribution in [2.24, 2.45) is 5.92 Å². The minimum atomic E-state index is -0.785. The number of amides is 1. The second-order valence-electron chi connectivity index (χ2n) is 4.44. The quantitative estimate of drug-likeness (QED) is 0.762. The molecule has 0 aromatic carbocycles. The van der Waals surface area contributed by atoms with Crippen LogP contribution in [0.1, 0.15) is 36.2 Å². The van der Waals surface area contributed by atoms with Gasteiger partial charge in [0.05, 0.1) is 5.92 Å². The molecule has 0 spiro atoms. The molecule has 1 saturated carbocycles. The number of carbonyl (C=O) groups is 2. The van der Waals surface area contributed by atoms with Crippen molar-refractivity contribution in [1.82, 2.24) is 10.3 Å². The van der Waals surface area contributed by atoms with Gasteiger partial charge in [-0.3, -0.25) is 9.59 Å². The summed E-state index contributed by atoms with van der Waals surface area (Å²) >= 11 is 1.21. The number of thiazole rings is 1. The first-order valence-electron chi connectivity index (χ1n) is 5.81. The van der Waals surface area contributed by atoms with Gasteiger partial charge in [0, 0.05) is 11.4 Å². The number of nitrogen functional groups attached to an aromatic ring is 1. The van der Waals surface area contributed by atoms with Gasteiger partial charge >= 0.3 is 5.97 Å². The Bertz CT molecular complexity index is 460. The molecule has 2 atom stereocenters. The Kier molecular flexibility index (Phi) is 3.81. The largest absolute Gasteiger partial charge is 0.481 e. The first-order chi connectivity index (χ1) is 8.56. The maximum Gasteiger partial charge on any atom is 0.306 e. The standard InChI is InChI=1S/C11H15N3O3S/c12-11-14-8(5-18-11)9(15)13-7-3-1-2-6(4-7)10(16)17/h5-7H,1-4H2,(H2,12,14)(H,13,15)(H,16,17). The highest BCUT2D eigenvalue weighted by Gasteiger charge is 2.28. The van der Waals surface area contributed by atoms with Gasteiger partial charge in [0.2, 0.25) is 0 Å². The number of anilines is 1. The van der Waals surface area contributed by atoms with Crippen LogP contribution in [-0.4, -0.2) is 28.0 Å². The second kappa shape index (κ2) is 5.34. The summed E-state index contributed by atoms with van der Waals surface area (Å²) < 4.78 is 0. The van der Waals surface area contributed by atoms with Crippen molar-refractivity contribution in [3.8, 4) is 0 Å². The summed E-state index contributed by atoms with van der Waals surface area (Å²) in [7, 11) is 0. The van der Waals surface area contributed by atoms with E-state index in [4.69, 9.17) is 10.8 Å². The van der Waals surface area contributed by atoms with Gasteiger partial charge in [-0.2, -0.15) is 0 Å². The van der Waals surface area contributed by atoms with Gasteiger partial charge < -0.3 is 16.2 Å². The van der Waals surface area contributed by atoms with Crippen LogP contribution in [0.3, 0.4) is 0 Å². The lowest BCUT2D eigenvalue weighted by atomic mass is 9.86. The summed E-state index contributed by atoms with van der Waals surface area (Å²) in [5.74, 6) is -1.42. The Hall–Kier alpha value is -1.63. The fourth-order valence-electron chi connectivity index (χ4n) is 2.20. The Morgan fingerprint density at radius 3 is 2.89 bits per heavy atom. The van der Waals surface area contributed by atoms with Crippen LogP contribution in [-0.2, 0) is 4.79 Å². The highest BCUT2D eigenvalue weighted by atomic mass is 32.1. The SMILES string of the molecule is Nc1nc(C(=O)NC2CCCC(C(=O)O)C2)cs1. The minimum absolute atomic E-state index is 0.0877. The Morgan fingerprint density at radius 1 is 1.50 bits per heavy atom. The molecule has 1 amide bonds. The second-order valence-corrected chi connectivity index (χ2v) is 5.33. The van der Waals surface area contributed by atoms with Crippen LogP contribution in [0.15, 0.2) is 5.38 Å². The Labute approximate surface area is 108 Å². The third-order valence-electron chi connectivity index (χ3n) is 3.11. The first kappa shape index (κ1) is 12.8. The van der Waals surface area contributed by atoms with E-state index in [-0.39, 0.29) is 17.9 Å². The van der Waals surface area contributed by atoms with Crippen molar-refractivity contribution >= 4 is 28.3 Å². The minimum Gasteiger partial charge on any atom is -0.481 e. The predicted molar refractivity (Wildman–Crippen MR) is 67.4 cm³/mol. The highest BCUT2D eigenvalue weighted by molar-refractivity contribution is 7.13. The van der Waals surface area contributed by atoms with Crippen LogP contribution in [0, 0.1) is 5.92 Å². The van der Waals surface area contributed by atoms with Crippen molar-refractivity contribution in [3.63, 3.8) is 0 Å². The monoisotopic (exact) mass is 269 g/mol. The van der Waals surface area contributed by atoms with Crippen LogP contribution < -0.4 is 11.1 Å². The van der Waals surface area contributed by atoms with E-state index in [2.05, 4.69) is 10.3 Å². The number of carboxylic acids is 1. The molecular formula is C11H15N3O3S. The van der Waals surface area contributed by atoms with Gasteiger partial charge in [-0.1, -0.05) is 6.42 Å². The lowest BCUT2D eigenvalue weighted by Crippen LogP contribution is -2.40. The number of carbonyl (C=O) groups excluding carboxylic acids is 1. The van der Waals surface area contributed by atoms with E-state index in [1.165, 1.54) is 11.3 Å². The Balaban J connectivity index is 1.93. The smallest absolute Gasteiger partial charge is 0.306 e. The van der Waals surface area contributed by atoms with E-state index >= 15 is 0 Å². The molecule has 1 fully saturated rings. The number of rotatable bonds is 3. The maximum atomic E-state index is 11.8. The summed E-state index contributed by atoms with van der Waals surface area (Å²) in [6, 6.07) is -0.0877. The van der Waals surface area contributed by atoms with Crippen molar-refractivity contribution in [2.75, 3.05) is 5.73 Å². The molecule has 2 unspecified atom stereocenters. The number of aromatic nitrogens is 1. The van der Waals surface area contributed by atoms with Crippen LogP contribution in [0.2, 0.25) is 0 Å². The zero-order valence-electron chi connectivity index (χ0n) is 9.76. The van der Waals surface area contributed by atoms with Gasteiger partial charge in [0.25, 0.3) is 5.91 Å². The molecule has 4 N–H and O–H groups in total. The molecule has 1 aromatic heterocycles. The summed E-state index contributed by atoms with van der Waals surface area (Å²) in [6.07, 6.45) is 2.81. The van der Waals surface area contributed by atoms with E-state index in [0.717, 1.165) is 12.8 Å². The van der Waals surface area contributed by atoms with Gasteiger partial charge in [0.15, 0.2) is 5.13 Å². The molecule has 6 nitrogen and oxygen atoms in total. The molecule has 1 aliphatic rings. The maximum absolute atomic E-state index is 11.8. The van der Waals surface area contributed by atoms with Crippen LogP contribution >= 0.6 is 11.3 Å². The average Bonchev–Trinajstić information content (AvgIpc) is 2.76. The molecule has 1 heterocycles. The van der Waals surface area contributed by atoms with E-state index in [1.54, 1.807) is 5.38 Å². The average molecular weight is 269 g/mol. The van der Waals surface area contributed by atoms with Gasteiger partial charge in [-0.05, 0) is 19.3 Å². The number of nitrogens with two attached hydrogens (primary N) is 1. The molecule has 7 heteroatoms. The van der Waals surface area contributed by atoms with Gasteiger partial charge in [0.1, 0.15) is 5.69 Å². The lowest BCUT2D eigenvalue weighted by molar-refractivity contribution is -0.143. The molecule has 98 valence electrons. The molecule has 1 aliphatic carbocycles. The molecule has 18 heavy (non-hydrogen) atoms. The molecule has 0 radical (unpaired) electrons. The molecule has 0 aliphatic heterocycles. The van der Waals surface area contributed by atoms with E-state index in [0.29, 0.717) is 23.7 Å². The van der Waals surface area contributed by atoms with Gasteiger partial charge in [-0.15, -0.1) is 11.3 Å². The third kappa shape index (κ3) is 2.98. The van der Waals surface area contributed by atoms with Gasteiger partial charge in [-0.25, -0.2) is 4.98 Å². The molecular weight excluding hydrogens is 254 g/mol. The van der Waals surface area contributed by atoms with Crippen LogP contribution in [0.4, 0.5) is 5.13 Å². The summed E-state index contributed by atoms with van der Waals surface area (Å²) in [5.41, 5.74) is 5.76. The Morgan fingerprint density at radius 2 is 2.28 bits per heavy atom. The van der Waals surface area contributed by atoms with E-state index in [1.807, 2.05) is 0 Å². The summed E-state index contributed by atoms with van der Waals surface area (Å²) in [4.78, 5) is 26.7. The summed E-state index contributed by atoms with van der Waals surface area (Å²) in [5, 5.41) is 13.7. The number of aliphatic carboxylic acids is 1. The molecule has 0 saturated heterocycles. The number of nitrogens with one attached hydrogen (secondary N) is 1. The highest BCUT2D eigenvalue weighted by Crippen LogP contribution is 2.24. The van der Waals surface area contributed by atoms with Crippen molar-refractivity contribution in [1.29, 1.82) is 0 Å². The first-order valence-corrected chi connectivity index (χ1v) is 6.69. The molecule has 0 bridgehead atoms. The van der Waals surface area contributed by atoms with Crippen molar-refractivity contribution in [3.05, 3.63) is 11.1 Å². The number of hydrogen-bond acceptors (Lipinski definition) is 5. The molecule has 2 rings (SSSR count). The lowest BCUT2D eigenvalue weighted by Gasteiger charge is -2.27. The summed E-state index contributed by atoms with van der Waals surface area (Å²) in [6.45, 7) is 0. The topological polar surface area (TPSA) is 105 Å². The number of nitrogens with zero attached hydrogens (tertiary/aromatic N) is 1. The molecule has 1 aromatic rings. The zero-order chi connectivity index (χ0) is 13.1. The number of hydrogen-bond donors (Lipinski definition) is 3. The van der Waals surface area contributed by atoms with Crippen molar-refractivity contribution < 1.29 is 14.7 Å². The van der Waals surface area contributed by atoms with Crippen LogP contribution in [0.25, 0.3) is 0 Å². The predicted octanol–water partition coefficient (Wildman–Crippen LogP) is 1.10. The number of carboxylic acid groups (broad SMARTS) is 1. The third-order valence-corrected chi connectivity index (χ3v) is 3.79. The van der Waals surface area contributed by atoms with Crippen LogP contribution in [0.5, 0.6) is 0 Å². The normalized spacial score (nSPS) is 23.6. The van der Waals surface area contributed by atoms with Crippen molar-refractivity contribution in [2.45, 2.75) is 31.7 Å². The zero-order valence-corrected chi connectivity index (χ0v) is 10.6. The van der Waals surface area contributed by atoms with E-state index in [9.17, 15) is 9.59 Å². The fraction of sp³-hybridized carbons (Fsp3) is 0.545. The van der Waals surface area contributed by atoms with E-state index < -0.39 is 5.97 Å².